The van der Waals surface area contributed by atoms with Gasteiger partial charge in [0.25, 0.3) is 0 Å². The molecule has 0 aromatic carbocycles. The van der Waals surface area contributed by atoms with Crippen molar-refractivity contribution in [1.82, 2.24) is 19.5 Å². The summed E-state index contributed by atoms with van der Waals surface area (Å²) in [5, 5.41) is 9.88. The summed E-state index contributed by atoms with van der Waals surface area (Å²) in [5.74, 6) is -0.470. The largest absolute Gasteiger partial charge is 0.456 e. The first-order valence-electron chi connectivity index (χ1n) is 9.24. The minimum absolute atomic E-state index is 0.0808. The maximum atomic E-state index is 13.7. The average Bonchev–Trinajstić information content (AvgIpc) is 3.17. The van der Waals surface area contributed by atoms with E-state index >= 15 is 0 Å². The van der Waals surface area contributed by atoms with Gasteiger partial charge in [0.15, 0.2) is 17.6 Å². The Balaban J connectivity index is 2.00. The van der Waals surface area contributed by atoms with Crippen LogP contribution in [0.2, 0.25) is 0 Å². The summed E-state index contributed by atoms with van der Waals surface area (Å²) in [6, 6.07) is -0.558. The van der Waals surface area contributed by atoms with Crippen molar-refractivity contribution in [3.8, 4) is 0 Å². The second-order valence-corrected chi connectivity index (χ2v) is 8.01. The molecule has 10 heteroatoms. The second kappa shape index (κ2) is 7.25. The lowest BCUT2D eigenvalue weighted by Crippen LogP contribution is -2.47. The van der Waals surface area contributed by atoms with Crippen LogP contribution in [-0.2, 0) is 14.3 Å². The molecule has 0 saturated carbocycles. The third kappa shape index (κ3) is 3.42. The number of nitrogens with two attached hydrogens (primary N) is 1. The number of anilines is 1. The Morgan fingerprint density at radius 3 is 2.89 bits per heavy atom. The van der Waals surface area contributed by atoms with Gasteiger partial charge in [0, 0.05) is 0 Å². The molecular weight excluding hydrogens is 369 g/mol. The molecule has 28 heavy (non-hydrogen) atoms. The highest BCUT2D eigenvalue weighted by molar-refractivity contribution is 5.81. The van der Waals surface area contributed by atoms with Gasteiger partial charge in [0.2, 0.25) is 0 Å². The third-order valence-corrected chi connectivity index (χ3v) is 5.29. The fraction of sp³-hybridized carbons (Fsp3) is 0.667. The molecule has 154 valence electrons. The number of esters is 1. The Bertz CT molecular complexity index is 886. The van der Waals surface area contributed by atoms with Gasteiger partial charge in [0.05, 0.1) is 31.0 Å². The minimum atomic E-state index is -1.11. The van der Waals surface area contributed by atoms with Crippen LogP contribution >= 0.6 is 0 Å². The summed E-state index contributed by atoms with van der Waals surface area (Å²) in [6.07, 6.45) is 1.12. The van der Waals surface area contributed by atoms with Crippen LogP contribution in [0.15, 0.2) is 6.33 Å². The monoisotopic (exact) mass is 395 g/mol. The van der Waals surface area contributed by atoms with Crippen molar-refractivity contribution in [1.29, 1.82) is 0 Å². The van der Waals surface area contributed by atoms with Crippen molar-refractivity contribution in [3.05, 3.63) is 12.4 Å². The van der Waals surface area contributed by atoms with E-state index in [4.69, 9.17) is 15.2 Å². The predicted octanol–water partition coefficient (Wildman–Crippen LogP) is 1.61. The van der Waals surface area contributed by atoms with Crippen molar-refractivity contribution in [2.24, 2.45) is 5.41 Å². The number of carbonyl (C=O) groups is 1. The Labute approximate surface area is 162 Å². The summed E-state index contributed by atoms with van der Waals surface area (Å²) in [7, 11) is 0. The van der Waals surface area contributed by atoms with Crippen LogP contribution in [-0.4, -0.2) is 55.5 Å². The number of hydrogen-bond acceptors (Lipinski definition) is 8. The number of aromatic nitrogens is 4. The molecule has 0 bridgehead atoms. The van der Waals surface area contributed by atoms with E-state index in [1.54, 1.807) is 11.5 Å². The van der Waals surface area contributed by atoms with Crippen molar-refractivity contribution < 1.29 is 23.8 Å². The van der Waals surface area contributed by atoms with Crippen molar-refractivity contribution in [3.63, 3.8) is 0 Å². The second-order valence-electron chi connectivity index (χ2n) is 8.01. The Morgan fingerprint density at radius 1 is 1.54 bits per heavy atom. The molecule has 0 unspecified atom stereocenters. The highest BCUT2D eigenvalue weighted by Crippen LogP contribution is 2.39. The van der Waals surface area contributed by atoms with Gasteiger partial charge in [-0.05, 0) is 27.2 Å². The molecule has 1 aliphatic rings. The molecule has 1 aliphatic heterocycles. The zero-order valence-corrected chi connectivity index (χ0v) is 16.5. The third-order valence-electron chi connectivity index (χ3n) is 5.29. The zero-order valence-electron chi connectivity index (χ0n) is 16.5. The molecule has 0 spiro atoms. The highest BCUT2D eigenvalue weighted by Gasteiger charge is 2.51. The van der Waals surface area contributed by atoms with Gasteiger partial charge in [-0.2, -0.15) is 14.4 Å². The van der Waals surface area contributed by atoms with Gasteiger partial charge in [-0.1, -0.05) is 13.3 Å². The molecule has 1 fully saturated rings. The lowest BCUT2D eigenvalue weighted by atomic mass is 9.87. The van der Waals surface area contributed by atoms with E-state index < -0.39 is 29.2 Å². The maximum absolute atomic E-state index is 13.7. The molecule has 3 rings (SSSR count). The molecule has 3 heterocycles. The van der Waals surface area contributed by atoms with Gasteiger partial charge in [0.1, 0.15) is 11.1 Å². The normalized spacial score (nSPS) is 25.4. The Hall–Kier alpha value is -2.33. The Kier molecular flexibility index (Phi) is 5.28. The molecule has 0 radical (unpaired) electrons. The first-order valence-corrected chi connectivity index (χ1v) is 9.24. The number of imidazole rings is 1. The molecule has 1 saturated heterocycles. The summed E-state index contributed by atoms with van der Waals surface area (Å²) < 4.78 is 26.9. The lowest BCUT2D eigenvalue weighted by molar-refractivity contribution is -0.172. The van der Waals surface area contributed by atoms with E-state index in [-0.39, 0.29) is 36.2 Å². The van der Waals surface area contributed by atoms with E-state index in [0.717, 1.165) is 6.42 Å². The highest BCUT2D eigenvalue weighted by atomic mass is 19.1. The number of rotatable bonds is 6. The number of nitrogens with zero attached hydrogens (tertiary/aromatic N) is 4. The van der Waals surface area contributed by atoms with E-state index in [2.05, 4.69) is 15.0 Å². The fourth-order valence-corrected chi connectivity index (χ4v) is 3.57. The van der Waals surface area contributed by atoms with Gasteiger partial charge in [-0.25, -0.2) is 4.98 Å². The molecule has 3 atom stereocenters. The van der Waals surface area contributed by atoms with Crippen molar-refractivity contribution >= 4 is 23.0 Å². The number of halogens is 1. The topological polar surface area (TPSA) is 125 Å². The van der Waals surface area contributed by atoms with Crippen molar-refractivity contribution in [2.75, 3.05) is 18.9 Å². The van der Waals surface area contributed by atoms with Crippen LogP contribution in [0.1, 0.15) is 46.6 Å². The lowest BCUT2D eigenvalue weighted by Gasteiger charge is -2.33. The number of fused-ring (bicyclic) bond motifs is 1. The van der Waals surface area contributed by atoms with Crippen LogP contribution < -0.4 is 5.73 Å². The predicted molar refractivity (Wildman–Crippen MR) is 98.7 cm³/mol. The van der Waals surface area contributed by atoms with Gasteiger partial charge >= 0.3 is 12.0 Å². The summed E-state index contributed by atoms with van der Waals surface area (Å²) in [6.45, 7) is 7.06. The number of nitrogen functional groups attached to an aromatic ring is 1. The number of ether oxygens (including phenoxy) is 2. The molecule has 0 aliphatic carbocycles. The van der Waals surface area contributed by atoms with Crippen LogP contribution in [0.4, 0.5) is 10.2 Å². The maximum Gasteiger partial charge on any atom is 0.312 e. The minimum Gasteiger partial charge on any atom is -0.456 e. The van der Waals surface area contributed by atoms with Gasteiger partial charge < -0.3 is 24.9 Å². The summed E-state index contributed by atoms with van der Waals surface area (Å²) in [5.41, 5.74) is 4.35. The zero-order chi connectivity index (χ0) is 20.7. The first-order chi connectivity index (χ1) is 13.1. The quantitative estimate of drug-likeness (QED) is 0.558. The summed E-state index contributed by atoms with van der Waals surface area (Å²) >= 11 is 0. The molecule has 2 aromatic rings. The standard InChI is InChI=1S/C18H26FN5O4/c1-5-6-17(2,3)15(26)28-12-10(7-27-18(12,4)8-25)24-9-21-11-13(20)22-16(19)23-14(11)24/h9-10,12,25H,5-8H2,1-4H3,(H2,20,22,23)/t10-,12+,18-/m1/s1. The average molecular weight is 395 g/mol. The smallest absolute Gasteiger partial charge is 0.312 e. The Morgan fingerprint density at radius 2 is 2.25 bits per heavy atom. The molecule has 3 N–H and O–H groups in total. The molecular formula is C18H26FN5O4. The van der Waals surface area contributed by atoms with E-state index in [0.29, 0.717) is 6.42 Å². The number of aliphatic hydroxyl groups is 1. The molecule has 0 amide bonds. The van der Waals surface area contributed by atoms with Crippen LogP contribution in [0.25, 0.3) is 11.2 Å². The van der Waals surface area contributed by atoms with E-state index in [9.17, 15) is 14.3 Å². The van der Waals surface area contributed by atoms with Crippen LogP contribution in [0.5, 0.6) is 0 Å². The first kappa shape index (κ1) is 20.4. The number of aliphatic hydroxyl groups excluding tert-OH is 1. The molecule has 9 nitrogen and oxygen atoms in total. The summed E-state index contributed by atoms with van der Waals surface area (Å²) in [4.78, 5) is 24.2. The van der Waals surface area contributed by atoms with Crippen molar-refractivity contribution in [2.45, 2.75) is 58.3 Å². The molecule has 2 aromatic heterocycles. The van der Waals surface area contributed by atoms with Gasteiger partial charge in [-0.15, -0.1) is 0 Å². The number of carbonyl (C=O) groups excluding carboxylic acids is 1. The SMILES string of the molecule is CCCC(C)(C)C(=O)O[C@H]1[C@H](n2cnc3c(N)nc(F)nc32)CO[C@]1(C)CO. The fourth-order valence-electron chi connectivity index (χ4n) is 3.57. The van der Waals surface area contributed by atoms with Crippen LogP contribution in [0, 0.1) is 11.5 Å². The van der Waals surface area contributed by atoms with Crippen LogP contribution in [0.3, 0.4) is 0 Å². The number of hydrogen-bond donors (Lipinski definition) is 2. The van der Waals surface area contributed by atoms with E-state index in [1.807, 2.05) is 20.8 Å². The van der Waals surface area contributed by atoms with Gasteiger partial charge in [-0.3, -0.25) is 4.79 Å². The van der Waals surface area contributed by atoms with E-state index in [1.165, 1.54) is 6.33 Å².